The molecule has 0 fully saturated rings. The molecule has 0 aliphatic carbocycles. The van der Waals surface area contributed by atoms with Gasteiger partial charge in [0.15, 0.2) is 0 Å². The van der Waals surface area contributed by atoms with Crippen LogP contribution in [0.1, 0.15) is 0 Å². The van der Waals surface area contributed by atoms with Gasteiger partial charge in [-0.3, -0.25) is 0 Å². The summed E-state index contributed by atoms with van der Waals surface area (Å²) in [4.78, 5) is 10.1. The minimum absolute atomic E-state index is 0.0542. The van der Waals surface area contributed by atoms with E-state index in [1.165, 1.54) is 6.47 Å². The van der Waals surface area contributed by atoms with Gasteiger partial charge in [-0.25, -0.2) is 4.79 Å². The molecule has 0 N–H and O–H groups in total. The zero-order chi connectivity index (χ0) is 13.2. The van der Waals surface area contributed by atoms with Crippen LogP contribution < -0.4 is 0 Å². The fourth-order valence-electron chi connectivity index (χ4n) is 0.592. The van der Waals surface area contributed by atoms with E-state index in [4.69, 9.17) is 0 Å². The van der Waals surface area contributed by atoms with E-state index in [9.17, 15) is 4.79 Å². The van der Waals surface area contributed by atoms with Crippen LogP contribution in [0.3, 0.4) is 0 Å². The molecule has 95 valence electrons. The number of ether oxygens (including phenoxy) is 1. The van der Waals surface area contributed by atoms with Crippen molar-refractivity contribution < 1.29 is 9.53 Å². The van der Waals surface area contributed by atoms with Crippen molar-refractivity contribution in [3.63, 3.8) is 0 Å². The van der Waals surface area contributed by atoms with Gasteiger partial charge in [-0.2, -0.15) is 0 Å². The van der Waals surface area contributed by atoms with E-state index in [1.807, 2.05) is 0 Å². The van der Waals surface area contributed by atoms with E-state index >= 15 is 0 Å². The summed E-state index contributed by atoms with van der Waals surface area (Å²) < 4.78 is 2.36. The summed E-state index contributed by atoms with van der Waals surface area (Å²) in [7, 11) is 0. The highest BCUT2D eigenvalue weighted by molar-refractivity contribution is 9.34. The second kappa shape index (κ2) is 7.36. The lowest BCUT2D eigenvalue weighted by Crippen LogP contribution is -2.52. The molecular formula is C6H3Br8O2. The molecule has 16 heavy (non-hydrogen) atoms. The SMILES string of the molecule is O=[C]OCC(Br)(Br)C(Br)(Br)C(Br)(Br)C(Br)Br. The molecule has 2 nitrogen and oxygen atoms in total. The lowest BCUT2D eigenvalue weighted by atomic mass is 10.2. The Hall–Kier alpha value is 3.31. The maximum Gasteiger partial charge on any atom is 0.417 e. The summed E-state index contributed by atoms with van der Waals surface area (Å²) >= 11 is 27.7. The Morgan fingerprint density at radius 2 is 1.50 bits per heavy atom. The first kappa shape index (κ1) is 19.3. The van der Waals surface area contributed by atoms with Crippen LogP contribution in [-0.2, 0) is 9.53 Å². The van der Waals surface area contributed by atoms with E-state index in [0.717, 1.165) is 0 Å². The number of carbonyl (C=O) groups excluding carboxylic acids is 1. The molecule has 0 heterocycles. The van der Waals surface area contributed by atoms with Gasteiger partial charge in [0.25, 0.3) is 0 Å². The third-order valence-electron chi connectivity index (χ3n) is 1.46. The quantitative estimate of drug-likeness (QED) is 0.329. The standard InChI is InChI=1S/C6H3Br8O2/c7-3(8)5(11,12)6(13,14)4(9,10)1-16-2-15/h3H,1H2. The lowest BCUT2D eigenvalue weighted by Gasteiger charge is -2.43. The van der Waals surface area contributed by atoms with Gasteiger partial charge in [-0.1, -0.05) is 127 Å². The Bertz CT molecular complexity index is 251. The van der Waals surface area contributed by atoms with Gasteiger partial charge in [-0.05, 0) is 0 Å². The molecule has 0 rings (SSSR count). The molecule has 0 aromatic heterocycles. The van der Waals surface area contributed by atoms with Gasteiger partial charge in [-0.15, -0.1) is 0 Å². The third kappa shape index (κ3) is 4.41. The van der Waals surface area contributed by atoms with Gasteiger partial charge in [0, 0.05) is 0 Å². The maximum absolute atomic E-state index is 10.1. The fourth-order valence-corrected chi connectivity index (χ4v) is 5.79. The molecule has 0 spiro atoms. The maximum atomic E-state index is 10.1. The Balaban J connectivity index is 5.08. The van der Waals surface area contributed by atoms with E-state index < -0.39 is 9.70 Å². The van der Waals surface area contributed by atoms with Crippen molar-refractivity contribution in [3.8, 4) is 0 Å². The first-order chi connectivity index (χ1) is 7.00. The zero-order valence-corrected chi connectivity index (χ0v) is 19.8. The fraction of sp³-hybridized carbons (Fsp3) is 0.833. The van der Waals surface area contributed by atoms with Gasteiger partial charge < -0.3 is 4.74 Å². The smallest absolute Gasteiger partial charge is 0.417 e. The first-order valence-electron chi connectivity index (χ1n) is 3.41. The molecule has 0 aromatic carbocycles. The van der Waals surface area contributed by atoms with Gasteiger partial charge >= 0.3 is 6.47 Å². The van der Waals surface area contributed by atoms with Crippen molar-refractivity contribution in [2.75, 3.05) is 6.61 Å². The minimum atomic E-state index is -0.767. The molecular weight excluding hydrogens is 743 g/mol. The largest absolute Gasteiger partial charge is 0.455 e. The van der Waals surface area contributed by atoms with Crippen LogP contribution in [-0.4, -0.2) is 26.5 Å². The molecule has 0 bridgehead atoms. The summed E-state index contributed by atoms with van der Waals surface area (Å²) in [5, 5.41) is 0. The number of hydrogen-bond donors (Lipinski definition) is 0. The predicted molar refractivity (Wildman–Crippen MR) is 95.0 cm³/mol. The van der Waals surface area contributed by atoms with Gasteiger partial charge in [0.1, 0.15) is 16.3 Å². The molecule has 0 amide bonds. The van der Waals surface area contributed by atoms with E-state index in [2.05, 4.69) is 132 Å². The lowest BCUT2D eigenvalue weighted by molar-refractivity contribution is 0.269. The average Bonchev–Trinajstić information content (AvgIpc) is 2.13. The van der Waals surface area contributed by atoms with Gasteiger partial charge in [0.2, 0.25) is 0 Å². The normalized spacial score (nSPS) is 14.1. The van der Waals surface area contributed by atoms with Crippen LogP contribution in [0.4, 0.5) is 0 Å². The molecule has 10 heteroatoms. The molecule has 0 aliphatic heterocycles. The van der Waals surface area contributed by atoms with Crippen LogP contribution >= 0.6 is 127 Å². The molecule has 0 saturated carbocycles. The van der Waals surface area contributed by atoms with Crippen LogP contribution in [0.2, 0.25) is 0 Å². The number of hydrogen-bond acceptors (Lipinski definition) is 2. The van der Waals surface area contributed by atoms with Crippen molar-refractivity contribution in [3.05, 3.63) is 0 Å². The number of halogens is 8. The van der Waals surface area contributed by atoms with Crippen molar-refractivity contribution >= 4 is 134 Å². The monoisotopic (exact) mass is 738 g/mol. The topological polar surface area (TPSA) is 26.3 Å². The Labute approximate surface area is 161 Å². The van der Waals surface area contributed by atoms with Crippen LogP contribution in [0.25, 0.3) is 0 Å². The molecule has 0 aliphatic rings. The van der Waals surface area contributed by atoms with Crippen molar-refractivity contribution in [2.45, 2.75) is 13.4 Å². The molecule has 0 unspecified atom stereocenters. The second-order valence-corrected chi connectivity index (χ2v) is 16.4. The molecule has 0 atom stereocenters. The van der Waals surface area contributed by atoms with Crippen LogP contribution in [0, 0.1) is 0 Å². The zero-order valence-electron chi connectivity index (χ0n) is 7.12. The summed E-state index contributed by atoms with van der Waals surface area (Å²) in [6, 6.07) is 0. The minimum Gasteiger partial charge on any atom is -0.455 e. The van der Waals surface area contributed by atoms with Crippen LogP contribution in [0.5, 0.6) is 0 Å². The van der Waals surface area contributed by atoms with Crippen molar-refractivity contribution in [1.29, 1.82) is 0 Å². The van der Waals surface area contributed by atoms with E-state index in [1.54, 1.807) is 0 Å². The van der Waals surface area contributed by atoms with Crippen LogP contribution in [0.15, 0.2) is 0 Å². The van der Waals surface area contributed by atoms with Crippen molar-refractivity contribution in [2.24, 2.45) is 0 Å². The number of rotatable bonds is 6. The van der Waals surface area contributed by atoms with Gasteiger partial charge in [0.05, 0.1) is 3.74 Å². The Morgan fingerprint density at radius 1 is 1.06 bits per heavy atom. The first-order valence-corrected chi connectivity index (χ1v) is 10.00. The summed E-state index contributed by atoms with van der Waals surface area (Å²) in [6.07, 6.45) is 0. The molecule has 1 radical (unpaired) electrons. The van der Waals surface area contributed by atoms with E-state index in [0.29, 0.717) is 0 Å². The summed E-state index contributed by atoms with van der Waals surface area (Å²) in [6.45, 7) is 1.43. The Morgan fingerprint density at radius 3 is 1.81 bits per heavy atom. The highest BCUT2D eigenvalue weighted by atomic mass is 79.9. The highest BCUT2D eigenvalue weighted by Crippen LogP contribution is 2.63. The molecule has 0 saturated heterocycles. The average molecular weight is 746 g/mol. The van der Waals surface area contributed by atoms with Crippen molar-refractivity contribution in [1.82, 2.24) is 0 Å². The Kier molecular flexibility index (Phi) is 8.88. The van der Waals surface area contributed by atoms with E-state index in [-0.39, 0.29) is 10.3 Å². The highest BCUT2D eigenvalue weighted by Gasteiger charge is 2.60. The summed E-state index contributed by atoms with van der Waals surface area (Å²) in [5.74, 6) is 0. The third-order valence-corrected chi connectivity index (χ3v) is 15.9. The molecule has 0 aromatic rings. The summed E-state index contributed by atoms with van der Waals surface area (Å²) in [5.41, 5.74) is 0. The second-order valence-electron chi connectivity index (χ2n) is 2.57. The predicted octanol–water partition coefficient (Wildman–Crippen LogP) is 5.64. The number of alkyl halides is 8.